The van der Waals surface area contributed by atoms with E-state index in [0.717, 1.165) is 25.0 Å². The van der Waals surface area contributed by atoms with Crippen molar-refractivity contribution >= 4 is 11.6 Å². The molecule has 1 unspecified atom stereocenters. The monoisotopic (exact) mass is 270 g/mol. The van der Waals surface area contributed by atoms with Crippen LogP contribution in [0.4, 0.5) is 0 Å². The molecule has 2 nitrogen and oxygen atoms in total. The first-order chi connectivity index (χ1) is 8.63. The number of benzene rings is 1. The fraction of sp³-hybridized carbons (Fsp3) is 0.600. The van der Waals surface area contributed by atoms with E-state index in [1.165, 1.54) is 0 Å². The maximum absolute atomic E-state index is 9.42. The molecule has 0 amide bonds. The van der Waals surface area contributed by atoms with E-state index in [1.54, 1.807) is 0 Å². The van der Waals surface area contributed by atoms with Crippen molar-refractivity contribution in [3.63, 3.8) is 0 Å². The Kier molecular flexibility index (Phi) is 7.33. The average molecular weight is 271 g/mol. The van der Waals surface area contributed by atoms with Gasteiger partial charge >= 0.3 is 0 Å². The number of rotatable bonds is 8. The van der Waals surface area contributed by atoms with Gasteiger partial charge in [0.25, 0.3) is 0 Å². The van der Waals surface area contributed by atoms with E-state index in [1.807, 2.05) is 24.3 Å². The molecule has 1 aromatic carbocycles. The first kappa shape index (κ1) is 15.5. The number of aliphatic hydroxyl groups excluding tert-OH is 1. The van der Waals surface area contributed by atoms with Gasteiger partial charge in [0.1, 0.15) is 0 Å². The Hall–Kier alpha value is -0.570. The standard InChI is InChI=1S/C15H23ClO2/c1-12(2)6-8-18-9-7-14(11-17)13-4-3-5-15(16)10-13/h3-5,10,12,14,17H,6-9,11H2,1-2H3. The lowest BCUT2D eigenvalue weighted by Gasteiger charge is -2.15. The van der Waals surface area contributed by atoms with Crippen LogP contribution < -0.4 is 0 Å². The highest BCUT2D eigenvalue weighted by Crippen LogP contribution is 2.22. The summed E-state index contributed by atoms with van der Waals surface area (Å²) < 4.78 is 5.58. The topological polar surface area (TPSA) is 29.5 Å². The summed E-state index contributed by atoms with van der Waals surface area (Å²) in [4.78, 5) is 0. The van der Waals surface area contributed by atoms with Crippen molar-refractivity contribution < 1.29 is 9.84 Å². The average Bonchev–Trinajstić information content (AvgIpc) is 2.33. The van der Waals surface area contributed by atoms with Gasteiger partial charge in [-0.2, -0.15) is 0 Å². The van der Waals surface area contributed by atoms with Crippen LogP contribution in [0.3, 0.4) is 0 Å². The van der Waals surface area contributed by atoms with Crippen molar-refractivity contribution in [2.45, 2.75) is 32.6 Å². The van der Waals surface area contributed by atoms with Crippen LogP contribution in [0, 0.1) is 5.92 Å². The largest absolute Gasteiger partial charge is 0.396 e. The fourth-order valence-corrected chi connectivity index (χ4v) is 1.97. The summed E-state index contributed by atoms with van der Waals surface area (Å²) >= 11 is 5.95. The zero-order valence-corrected chi connectivity index (χ0v) is 12.0. The molecule has 0 saturated heterocycles. The highest BCUT2D eigenvalue weighted by molar-refractivity contribution is 6.30. The van der Waals surface area contributed by atoms with Gasteiger partial charge in [-0.1, -0.05) is 37.6 Å². The van der Waals surface area contributed by atoms with Gasteiger partial charge in [-0.3, -0.25) is 0 Å². The lowest BCUT2D eigenvalue weighted by molar-refractivity contribution is 0.110. The molecule has 0 aliphatic heterocycles. The van der Waals surface area contributed by atoms with E-state index in [9.17, 15) is 5.11 Å². The molecule has 1 N–H and O–H groups in total. The number of aliphatic hydroxyl groups is 1. The van der Waals surface area contributed by atoms with Crippen LogP contribution in [-0.4, -0.2) is 24.9 Å². The quantitative estimate of drug-likeness (QED) is 0.727. The van der Waals surface area contributed by atoms with E-state index in [-0.39, 0.29) is 12.5 Å². The van der Waals surface area contributed by atoms with Crippen LogP contribution in [0.15, 0.2) is 24.3 Å². The Morgan fingerprint density at radius 3 is 2.56 bits per heavy atom. The highest BCUT2D eigenvalue weighted by atomic mass is 35.5. The van der Waals surface area contributed by atoms with Crippen LogP contribution in [0.2, 0.25) is 5.02 Å². The molecule has 0 bridgehead atoms. The molecule has 0 heterocycles. The molecule has 0 aliphatic carbocycles. The van der Waals surface area contributed by atoms with Crippen LogP contribution in [0.5, 0.6) is 0 Å². The van der Waals surface area contributed by atoms with Crippen molar-refractivity contribution in [1.82, 2.24) is 0 Å². The molecule has 3 heteroatoms. The second kappa shape index (κ2) is 8.52. The number of hydrogen-bond donors (Lipinski definition) is 1. The molecular weight excluding hydrogens is 248 g/mol. The lowest BCUT2D eigenvalue weighted by atomic mass is 9.97. The minimum Gasteiger partial charge on any atom is -0.396 e. The van der Waals surface area contributed by atoms with Crippen LogP contribution in [0.1, 0.15) is 38.2 Å². The predicted octanol–water partition coefficient (Wildman–Crippen LogP) is 3.87. The Balaban J connectivity index is 2.34. The third-order valence-electron chi connectivity index (χ3n) is 2.99. The van der Waals surface area contributed by atoms with Gasteiger partial charge < -0.3 is 9.84 Å². The van der Waals surface area contributed by atoms with E-state index in [0.29, 0.717) is 17.5 Å². The Morgan fingerprint density at radius 2 is 1.94 bits per heavy atom. The summed E-state index contributed by atoms with van der Waals surface area (Å²) in [6.45, 7) is 5.99. The van der Waals surface area contributed by atoms with Crippen molar-refractivity contribution in [3.8, 4) is 0 Å². The Labute approximate surface area is 115 Å². The molecule has 0 saturated carbocycles. The van der Waals surface area contributed by atoms with Crippen molar-refractivity contribution in [1.29, 1.82) is 0 Å². The number of hydrogen-bond acceptors (Lipinski definition) is 2. The molecular formula is C15H23ClO2. The van der Waals surface area contributed by atoms with Crippen LogP contribution in [0.25, 0.3) is 0 Å². The minimum absolute atomic E-state index is 0.114. The molecule has 0 spiro atoms. The van der Waals surface area contributed by atoms with Gasteiger partial charge in [-0.25, -0.2) is 0 Å². The van der Waals surface area contributed by atoms with E-state index < -0.39 is 0 Å². The first-order valence-corrected chi connectivity index (χ1v) is 6.95. The maximum Gasteiger partial charge on any atom is 0.0500 e. The summed E-state index contributed by atoms with van der Waals surface area (Å²) in [5.74, 6) is 0.786. The zero-order chi connectivity index (χ0) is 13.4. The summed E-state index contributed by atoms with van der Waals surface area (Å²) in [6, 6.07) is 7.68. The highest BCUT2D eigenvalue weighted by Gasteiger charge is 2.10. The smallest absolute Gasteiger partial charge is 0.0500 e. The SMILES string of the molecule is CC(C)CCOCCC(CO)c1cccc(Cl)c1. The van der Waals surface area contributed by atoms with Crippen LogP contribution in [-0.2, 0) is 4.74 Å². The second-order valence-corrected chi connectivity index (χ2v) is 5.45. The molecule has 0 radical (unpaired) electrons. The van der Waals surface area contributed by atoms with Crippen molar-refractivity contribution in [2.75, 3.05) is 19.8 Å². The van der Waals surface area contributed by atoms with Gasteiger partial charge in [0.15, 0.2) is 0 Å². The molecule has 1 aromatic rings. The van der Waals surface area contributed by atoms with Crippen molar-refractivity contribution in [3.05, 3.63) is 34.9 Å². The summed E-state index contributed by atoms with van der Waals surface area (Å²) in [6.07, 6.45) is 1.91. The number of halogens is 1. The normalized spacial score (nSPS) is 12.9. The number of ether oxygens (including phenoxy) is 1. The van der Waals surface area contributed by atoms with Gasteiger partial charge in [0.05, 0.1) is 6.61 Å². The van der Waals surface area contributed by atoms with E-state index in [2.05, 4.69) is 13.8 Å². The van der Waals surface area contributed by atoms with Crippen LogP contribution >= 0.6 is 11.6 Å². The van der Waals surface area contributed by atoms with Gasteiger partial charge in [0.2, 0.25) is 0 Å². The zero-order valence-electron chi connectivity index (χ0n) is 11.2. The Morgan fingerprint density at radius 1 is 1.22 bits per heavy atom. The Bertz CT molecular complexity index is 339. The molecule has 0 fully saturated rings. The van der Waals surface area contributed by atoms with Gasteiger partial charge in [0, 0.05) is 24.2 Å². The summed E-state index contributed by atoms with van der Waals surface area (Å²) in [5.41, 5.74) is 1.08. The molecule has 0 aliphatic rings. The van der Waals surface area contributed by atoms with E-state index in [4.69, 9.17) is 16.3 Å². The third kappa shape index (κ3) is 5.85. The maximum atomic E-state index is 9.42. The van der Waals surface area contributed by atoms with Crippen molar-refractivity contribution in [2.24, 2.45) is 5.92 Å². The minimum atomic E-state index is 0.114. The van der Waals surface area contributed by atoms with Gasteiger partial charge in [-0.05, 0) is 36.5 Å². The molecule has 0 aromatic heterocycles. The molecule has 18 heavy (non-hydrogen) atoms. The van der Waals surface area contributed by atoms with E-state index >= 15 is 0 Å². The third-order valence-corrected chi connectivity index (χ3v) is 3.23. The molecule has 1 atom stereocenters. The summed E-state index contributed by atoms with van der Waals surface area (Å²) in [5, 5.41) is 10.1. The van der Waals surface area contributed by atoms with Gasteiger partial charge in [-0.15, -0.1) is 0 Å². The summed E-state index contributed by atoms with van der Waals surface area (Å²) in [7, 11) is 0. The fourth-order valence-electron chi connectivity index (χ4n) is 1.77. The molecule has 1 rings (SSSR count). The first-order valence-electron chi connectivity index (χ1n) is 6.57. The predicted molar refractivity (Wildman–Crippen MR) is 76.2 cm³/mol. The molecule has 102 valence electrons. The lowest BCUT2D eigenvalue weighted by Crippen LogP contribution is -2.09. The second-order valence-electron chi connectivity index (χ2n) is 5.02.